The van der Waals surface area contributed by atoms with E-state index in [0.29, 0.717) is 0 Å². The molecule has 2 aromatic rings. The van der Waals surface area contributed by atoms with E-state index in [9.17, 15) is 14.5 Å². The number of thiazole rings is 1. The van der Waals surface area contributed by atoms with E-state index in [-0.39, 0.29) is 17.4 Å². The molecule has 1 heterocycles. The highest BCUT2D eigenvalue weighted by molar-refractivity contribution is 7.11. The molecule has 1 atom stereocenters. The molecule has 1 aromatic carbocycles. The quantitative estimate of drug-likeness (QED) is 0.684. The summed E-state index contributed by atoms with van der Waals surface area (Å²) in [6.45, 7) is 5.69. The number of rotatable bonds is 4. The second-order valence-electron chi connectivity index (χ2n) is 4.46. The number of nitro benzene ring substituents is 1. The van der Waals surface area contributed by atoms with Crippen molar-refractivity contribution in [2.45, 2.75) is 26.8 Å². The number of aryl methyl sites for hydroxylation is 2. The molecule has 1 aromatic heterocycles. The maximum Gasteiger partial charge on any atom is 0.292 e. The van der Waals surface area contributed by atoms with Gasteiger partial charge in [-0.3, -0.25) is 10.1 Å². The van der Waals surface area contributed by atoms with Crippen molar-refractivity contribution in [1.29, 1.82) is 0 Å². The zero-order valence-electron chi connectivity index (χ0n) is 11.3. The summed E-state index contributed by atoms with van der Waals surface area (Å²) in [7, 11) is 0. The predicted octanol–water partition coefficient (Wildman–Crippen LogP) is 3.98. The van der Waals surface area contributed by atoms with Crippen LogP contribution in [-0.4, -0.2) is 9.91 Å². The number of nitro groups is 1. The first kappa shape index (κ1) is 14.4. The number of hydrogen-bond donors (Lipinski definition) is 1. The molecule has 0 saturated heterocycles. The highest BCUT2D eigenvalue weighted by Crippen LogP contribution is 2.30. The standard InChI is InChI=1S/C13H14FN3O2S/c1-7(13-8(2)20-9(3)16-13)15-11-6-10(14)4-5-12(11)17(18)19/h4-7,15H,1-3H3. The molecule has 0 saturated carbocycles. The summed E-state index contributed by atoms with van der Waals surface area (Å²) in [5.74, 6) is -0.517. The van der Waals surface area contributed by atoms with Crippen LogP contribution in [0.2, 0.25) is 0 Å². The third kappa shape index (κ3) is 2.93. The summed E-state index contributed by atoms with van der Waals surface area (Å²) in [5, 5.41) is 14.8. The van der Waals surface area contributed by atoms with Gasteiger partial charge in [0.1, 0.15) is 11.5 Å². The number of aromatic nitrogens is 1. The fourth-order valence-electron chi connectivity index (χ4n) is 2.03. The highest BCUT2D eigenvalue weighted by Gasteiger charge is 2.19. The minimum Gasteiger partial charge on any atom is -0.371 e. The Morgan fingerprint density at radius 1 is 1.45 bits per heavy atom. The first-order chi connectivity index (χ1) is 9.38. The SMILES string of the molecule is Cc1nc(C(C)Nc2cc(F)ccc2[N+](=O)[O-])c(C)s1. The molecule has 1 unspecified atom stereocenters. The number of hydrogen-bond acceptors (Lipinski definition) is 5. The first-order valence-electron chi connectivity index (χ1n) is 6.03. The summed E-state index contributed by atoms with van der Waals surface area (Å²) in [5.41, 5.74) is 0.835. The van der Waals surface area contributed by atoms with Gasteiger partial charge in [-0.05, 0) is 26.8 Å². The molecule has 0 radical (unpaired) electrons. The van der Waals surface area contributed by atoms with Gasteiger partial charge >= 0.3 is 0 Å². The third-order valence-electron chi connectivity index (χ3n) is 2.88. The Labute approximate surface area is 119 Å². The first-order valence-corrected chi connectivity index (χ1v) is 6.84. The van der Waals surface area contributed by atoms with Gasteiger partial charge in [0.15, 0.2) is 0 Å². The van der Waals surface area contributed by atoms with Gasteiger partial charge in [0.25, 0.3) is 5.69 Å². The second kappa shape index (κ2) is 5.54. The molecular weight excluding hydrogens is 281 g/mol. The lowest BCUT2D eigenvalue weighted by atomic mass is 10.2. The van der Waals surface area contributed by atoms with Gasteiger partial charge in [0.2, 0.25) is 0 Å². The predicted molar refractivity (Wildman–Crippen MR) is 76.7 cm³/mol. The lowest BCUT2D eigenvalue weighted by Crippen LogP contribution is -2.10. The van der Waals surface area contributed by atoms with E-state index in [4.69, 9.17) is 0 Å². The normalized spacial score (nSPS) is 12.2. The summed E-state index contributed by atoms with van der Waals surface area (Å²) >= 11 is 1.56. The van der Waals surface area contributed by atoms with Crippen LogP contribution in [0.25, 0.3) is 0 Å². The van der Waals surface area contributed by atoms with Gasteiger partial charge in [-0.1, -0.05) is 0 Å². The van der Waals surface area contributed by atoms with Crippen LogP contribution < -0.4 is 5.32 Å². The van der Waals surface area contributed by atoms with E-state index >= 15 is 0 Å². The van der Waals surface area contributed by atoms with Crippen molar-refractivity contribution in [1.82, 2.24) is 4.98 Å². The molecule has 0 aliphatic carbocycles. The molecule has 0 amide bonds. The molecular formula is C13H14FN3O2S. The van der Waals surface area contributed by atoms with Crippen LogP contribution in [0.1, 0.15) is 28.5 Å². The largest absolute Gasteiger partial charge is 0.371 e. The zero-order chi connectivity index (χ0) is 14.9. The minimum absolute atomic E-state index is 0.150. The molecule has 0 aliphatic heterocycles. The number of nitrogens with one attached hydrogen (secondary N) is 1. The molecule has 1 N–H and O–H groups in total. The summed E-state index contributed by atoms with van der Waals surface area (Å²) in [4.78, 5) is 15.9. The van der Waals surface area contributed by atoms with E-state index in [1.165, 1.54) is 0 Å². The van der Waals surface area contributed by atoms with E-state index in [2.05, 4.69) is 10.3 Å². The second-order valence-corrected chi connectivity index (χ2v) is 5.87. The number of benzene rings is 1. The molecule has 20 heavy (non-hydrogen) atoms. The van der Waals surface area contributed by atoms with Crippen LogP contribution in [0.15, 0.2) is 18.2 Å². The van der Waals surface area contributed by atoms with Gasteiger partial charge in [-0.15, -0.1) is 11.3 Å². The molecule has 5 nitrogen and oxygen atoms in total. The topological polar surface area (TPSA) is 68.1 Å². The lowest BCUT2D eigenvalue weighted by Gasteiger charge is -2.14. The monoisotopic (exact) mass is 295 g/mol. The maximum absolute atomic E-state index is 13.3. The Morgan fingerprint density at radius 2 is 2.15 bits per heavy atom. The lowest BCUT2D eigenvalue weighted by molar-refractivity contribution is -0.384. The van der Waals surface area contributed by atoms with Gasteiger partial charge in [-0.2, -0.15) is 0 Å². The van der Waals surface area contributed by atoms with E-state index in [0.717, 1.165) is 33.8 Å². The Morgan fingerprint density at radius 3 is 2.70 bits per heavy atom. The van der Waals surface area contributed by atoms with Crippen LogP contribution in [0.5, 0.6) is 0 Å². The van der Waals surface area contributed by atoms with Crippen molar-refractivity contribution < 1.29 is 9.31 Å². The van der Waals surface area contributed by atoms with Crippen LogP contribution in [0.3, 0.4) is 0 Å². The fraction of sp³-hybridized carbons (Fsp3) is 0.308. The van der Waals surface area contributed by atoms with Gasteiger partial charge in [0, 0.05) is 17.0 Å². The highest BCUT2D eigenvalue weighted by atomic mass is 32.1. The van der Waals surface area contributed by atoms with E-state index < -0.39 is 10.7 Å². The van der Waals surface area contributed by atoms with Crippen molar-refractivity contribution in [2.24, 2.45) is 0 Å². The van der Waals surface area contributed by atoms with Crippen molar-refractivity contribution in [3.8, 4) is 0 Å². The van der Waals surface area contributed by atoms with Gasteiger partial charge in [0.05, 0.1) is 21.7 Å². The van der Waals surface area contributed by atoms with Crippen LogP contribution in [0, 0.1) is 29.8 Å². The van der Waals surface area contributed by atoms with Crippen molar-refractivity contribution >= 4 is 22.7 Å². The smallest absolute Gasteiger partial charge is 0.292 e. The zero-order valence-corrected chi connectivity index (χ0v) is 12.1. The average Bonchev–Trinajstić information content (AvgIpc) is 2.68. The van der Waals surface area contributed by atoms with Crippen molar-refractivity contribution in [3.63, 3.8) is 0 Å². The van der Waals surface area contributed by atoms with Gasteiger partial charge in [-0.25, -0.2) is 9.37 Å². The minimum atomic E-state index is -0.534. The molecule has 2 rings (SSSR count). The molecule has 0 fully saturated rings. The Kier molecular flexibility index (Phi) is 3.99. The Hall–Kier alpha value is -2.02. The fourth-order valence-corrected chi connectivity index (χ4v) is 2.95. The Bertz CT molecular complexity index is 657. The number of nitrogens with zero attached hydrogens (tertiary/aromatic N) is 2. The average molecular weight is 295 g/mol. The Balaban J connectivity index is 2.32. The van der Waals surface area contributed by atoms with Crippen LogP contribution in [0.4, 0.5) is 15.8 Å². The number of halogens is 1. The van der Waals surface area contributed by atoms with Crippen LogP contribution >= 0.6 is 11.3 Å². The van der Waals surface area contributed by atoms with E-state index in [1.54, 1.807) is 11.3 Å². The van der Waals surface area contributed by atoms with Crippen molar-refractivity contribution in [3.05, 3.63) is 49.7 Å². The summed E-state index contributed by atoms with van der Waals surface area (Å²) in [6.07, 6.45) is 0. The number of anilines is 1. The molecule has 0 spiro atoms. The molecule has 106 valence electrons. The third-order valence-corrected chi connectivity index (χ3v) is 3.78. The molecule has 7 heteroatoms. The van der Waals surface area contributed by atoms with Crippen molar-refractivity contribution in [2.75, 3.05) is 5.32 Å². The van der Waals surface area contributed by atoms with E-state index in [1.807, 2.05) is 20.8 Å². The summed E-state index contributed by atoms with van der Waals surface area (Å²) < 4.78 is 13.3. The molecule has 0 aliphatic rings. The maximum atomic E-state index is 13.3. The van der Waals surface area contributed by atoms with Gasteiger partial charge < -0.3 is 5.32 Å². The summed E-state index contributed by atoms with van der Waals surface area (Å²) in [6, 6.07) is 3.12. The molecule has 0 bridgehead atoms. The van der Waals surface area contributed by atoms with Crippen LogP contribution in [-0.2, 0) is 0 Å².